The van der Waals surface area contributed by atoms with E-state index >= 15 is 0 Å². The lowest BCUT2D eigenvalue weighted by Crippen LogP contribution is -2.58. The van der Waals surface area contributed by atoms with E-state index in [1.807, 2.05) is 0 Å². The summed E-state index contributed by atoms with van der Waals surface area (Å²) in [6.45, 7) is 3.84. The van der Waals surface area contributed by atoms with Gasteiger partial charge in [-0.1, -0.05) is 0 Å². The molecule has 0 aliphatic heterocycles. The van der Waals surface area contributed by atoms with Crippen LogP contribution in [-0.4, -0.2) is 95.2 Å². The Morgan fingerprint density at radius 2 is 1.30 bits per heavy atom. The van der Waals surface area contributed by atoms with Gasteiger partial charge in [-0.15, -0.1) is 0 Å². The van der Waals surface area contributed by atoms with Crippen LogP contribution >= 0.6 is 0 Å². The SMILES string of the molecule is CC(=O)NCCCC[C@H](NC(=O)[C@H](CCCCNC(C)=O)NC(=O)[C@H](Cc1cnc[nH]1)NC(=O)[C@@H](N)CCCN=C(N)N)C(N)=O. The summed E-state index contributed by atoms with van der Waals surface area (Å²) in [6, 6.07) is -4.20. The molecule has 1 heterocycles. The molecule has 1 aromatic rings. The van der Waals surface area contributed by atoms with Crippen LogP contribution in [0.1, 0.15) is 70.9 Å². The maximum Gasteiger partial charge on any atom is 0.243 e. The number of H-pyrrole nitrogens is 1. The summed E-state index contributed by atoms with van der Waals surface area (Å²) in [5, 5.41) is 13.3. The minimum atomic E-state index is -1.13. The summed E-state index contributed by atoms with van der Waals surface area (Å²) in [7, 11) is 0. The molecule has 0 bridgehead atoms. The van der Waals surface area contributed by atoms with Crippen molar-refractivity contribution in [2.24, 2.45) is 27.9 Å². The van der Waals surface area contributed by atoms with Crippen LogP contribution in [0.25, 0.3) is 0 Å². The number of nitrogens with two attached hydrogens (primary N) is 4. The first-order valence-corrected chi connectivity index (χ1v) is 15.3. The zero-order chi connectivity index (χ0) is 34.5. The maximum atomic E-state index is 13.6. The highest BCUT2D eigenvalue weighted by atomic mass is 16.2. The summed E-state index contributed by atoms with van der Waals surface area (Å²) in [5.74, 6) is -3.09. The number of nitrogens with one attached hydrogen (secondary N) is 6. The summed E-state index contributed by atoms with van der Waals surface area (Å²) in [6.07, 6.45) is 6.03. The highest BCUT2D eigenvalue weighted by Crippen LogP contribution is 2.08. The van der Waals surface area contributed by atoms with E-state index in [-0.39, 0.29) is 50.0 Å². The van der Waals surface area contributed by atoms with E-state index in [9.17, 15) is 28.8 Å². The van der Waals surface area contributed by atoms with Gasteiger partial charge in [0.2, 0.25) is 35.4 Å². The molecule has 46 heavy (non-hydrogen) atoms. The summed E-state index contributed by atoms with van der Waals surface area (Å²) >= 11 is 0. The van der Waals surface area contributed by atoms with Crippen molar-refractivity contribution in [3.63, 3.8) is 0 Å². The van der Waals surface area contributed by atoms with Crippen LogP contribution in [0.15, 0.2) is 17.5 Å². The number of primary amides is 1. The Labute approximate surface area is 268 Å². The van der Waals surface area contributed by atoms with Crippen LogP contribution in [0.2, 0.25) is 0 Å². The van der Waals surface area contributed by atoms with Crippen molar-refractivity contribution >= 4 is 41.4 Å². The molecule has 4 atom stereocenters. The van der Waals surface area contributed by atoms with E-state index in [0.29, 0.717) is 50.9 Å². The number of nitrogens with zero attached hydrogens (tertiary/aromatic N) is 2. The van der Waals surface area contributed by atoms with Gasteiger partial charge in [0.15, 0.2) is 5.96 Å². The second-order valence-electron chi connectivity index (χ2n) is 10.9. The lowest BCUT2D eigenvalue weighted by molar-refractivity contribution is -0.133. The smallest absolute Gasteiger partial charge is 0.243 e. The van der Waals surface area contributed by atoms with Gasteiger partial charge in [-0.05, 0) is 51.4 Å². The lowest BCUT2D eigenvalue weighted by Gasteiger charge is -2.25. The highest BCUT2D eigenvalue weighted by molar-refractivity contribution is 5.94. The minimum Gasteiger partial charge on any atom is -0.370 e. The monoisotopic (exact) mass is 650 g/mol. The van der Waals surface area contributed by atoms with Crippen molar-refractivity contribution in [3.05, 3.63) is 18.2 Å². The van der Waals surface area contributed by atoms with Crippen LogP contribution < -0.4 is 49.5 Å². The van der Waals surface area contributed by atoms with Crippen molar-refractivity contribution < 1.29 is 28.8 Å². The fourth-order valence-corrected chi connectivity index (χ4v) is 4.33. The normalized spacial score (nSPS) is 13.3. The van der Waals surface area contributed by atoms with Gasteiger partial charge >= 0.3 is 0 Å². The third-order valence-corrected chi connectivity index (χ3v) is 6.80. The molecule has 1 rings (SSSR count). The van der Waals surface area contributed by atoms with Gasteiger partial charge in [0.05, 0.1) is 12.4 Å². The van der Waals surface area contributed by atoms with Gasteiger partial charge in [-0.2, -0.15) is 0 Å². The molecule has 258 valence electrons. The lowest BCUT2D eigenvalue weighted by atomic mass is 10.0. The first-order valence-electron chi connectivity index (χ1n) is 15.3. The molecule has 0 aromatic carbocycles. The summed E-state index contributed by atoms with van der Waals surface area (Å²) in [5.41, 5.74) is 22.8. The summed E-state index contributed by atoms with van der Waals surface area (Å²) < 4.78 is 0. The second kappa shape index (κ2) is 21.9. The number of hydrogen-bond donors (Lipinski definition) is 10. The second-order valence-corrected chi connectivity index (χ2v) is 10.9. The Bertz CT molecular complexity index is 1160. The number of unbranched alkanes of at least 4 members (excludes halogenated alkanes) is 2. The number of guanidine groups is 1. The van der Waals surface area contributed by atoms with Crippen LogP contribution in [0.4, 0.5) is 0 Å². The first kappa shape index (κ1) is 39.3. The molecule has 0 saturated carbocycles. The molecule has 0 fully saturated rings. The fourth-order valence-electron chi connectivity index (χ4n) is 4.33. The van der Waals surface area contributed by atoms with Gasteiger partial charge in [-0.3, -0.25) is 33.8 Å². The van der Waals surface area contributed by atoms with Crippen molar-refractivity contribution in [1.29, 1.82) is 0 Å². The van der Waals surface area contributed by atoms with Crippen LogP contribution in [-0.2, 0) is 35.2 Å². The number of aromatic amines is 1. The number of aromatic nitrogens is 2. The average molecular weight is 651 g/mol. The van der Waals surface area contributed by atoms with Crippen molar-refractivity contribution in [1.82, 2.24) is 36.6 Å². The molecule has 0 aliphatic carbocycles. The molecule has 18 heteroatoms. The Balaban J connectivity index is 3.02. The Morgan fingerprint density at radius 3 is 1.83 bits per heavy atom. The number of amides is 6. The average Bonchev–Trinajstić information content (AvgIpc) is 3.49. The maximum absolute atomic E-state index is 13.6. The fraction of sp³-hybridized carbons (Fsp3) is 0.643. The molecule has 0 saturated heterocycles. The van der Waals surface area contributed by atoms with Crippen molar-refractivity contribution in [3.8, 4) is 0 Å². The standard InChI is InChI=1S/C28H50N12O6/c1-17(41)34-11-5-3-9-21(24(30)43)38-26(45)22(10-4-6-12-35-18(2)42)39-27(46)23(14-19-15-33-16-37-19)40-25(44)20(29)8-7-13-36-28(31)32/h15-16,20-23H,3-14,29H2,1-2H3,(H2,30,43)(H,33,37)(H,34,41)(H,35,42)(H,38,45)(H,39,46)(H,40,44)(H4,31,32,36)/t20-,21-,22-,23-/m0/s1. The third kappa shape index (κ3) is 17.5. The molecule has 6 amide bonds. The molecule has 1 aromatic heterocycles. The topological polar surface area (TPSA) is 308 Å². The highest BCUT2D eigenvalue weighted by Gasteiger charge is 2.30. The Kier molecular flexibility index (Phi) is 18.7. The van der Waals surface area contributed by atoms with E-state index in [1.54, 1.807) is 0 Å². The van der Waals surface area contributed by atoms with Crippen molar-refractivity contribution in [2.75, 3.05) is 19.6 Å². The number of carbonyl (C=O) groups is 6. The van der Waals surface area contributed by atoms with Gasteiger partial charge < -0.3 is 54.5 Å². The van der Waals surface area contributed by atoms with E-state index in [0.717, 1.165) is 0 Å². The molecule has 18 nitrogen and oxygen atoms in total. The van der Waals surface area contributed by atoms with Crippen LogP contribution in [0.3, 0.4) is 0 Å². The van der Waals surface area contributed by atoms with Gasteiger partial charge in [0.1, 0.15) is 18.1 Å². The van der Waals surface area contributed by atoms with E-state index in [4.69, 9.17) is 22.9 Å². The van der Waals surface area contributed by atoms with Crippen LogP contribution in [0, 0.1) is 0 Å². The number of aliphatic imine (C=N–C) groups is 1. The number of rotatable bonds is 23. The van der Waals surface area contributed by atoms with Crippen molar-refractivity contribution in [2.45, 2.75) is 95.8 Å². The predicted octanol–water partition coefficient (Wildman–Crippen LogP) is -3.11. The van der Waals surface area contributed by atoms with E-state index in [2.05, 4.69) is 41.5 Å². The third-order valence-electron chi connectivity index (χ3n) is 6.80. The zero-order valence-electron chi connectivity index (χ0n) is 26.6. The van der Waals surface area contributed by atoms with E-state index < -0.39 is 47.8 Å². The first-order chi connectivity index (χ1) is 21.8. The Morgan fingerprint density at radius 1 is 0.761 bits per heavy atom. The molecular weight excluding hydrogens is 600 g/mol. The molecular formula is C28H50N12O6. The summed E-state index contributed by atoms with van der Waals surface area (Å²) in [4.78, 5) is 85.0. The molecule has 14 N–H and O–H groups in total. The van der Waals surface area contributed by atoms with Crippen LogP contribution in [0.5, 0.6) is 0 Å². The predicted molar refractivity (Wildman–Crippen MR) is 170 cm³/mol. The zero-order valence-corrected chi connectivity index (χ0v) is 26.6. The van der Waals surface area contributed by atoms with E-state index in [1.165, 1.54) is 26.4 Å². The molecule has 0 radical (unpaired) electrons. The van der Waals surface area contributed by atoms with Gasteiger partial charge in [-0.25, -0.2) is 4.98 Å². The number of carbonyl (C=O) groups excluding carboxylic acids is 6. The molecule has 0 spiro atoms. The largest absolute Gasteiger partial charge is 0.370 e. The number of hydrogen-bond acceptors (Lipinski definition) is 9. The Hall–Kier alpha value is -4.74. The van der Waals surface area contributed by atoms with Gasteiger partial charge in [0, 0.05) is 51.8 Å². The molecule has 0 unspecified atom stereocenters. The molecule has 0 aliphatic rings. The minimum absolute atomic E-state index is 0.0212. The number of imidazole rings is 1. The quantitative estimate of drug-likeness (QED) is 0.0323. The van der Waals surface area contributed by atoms with Gasteiger partial charge in [0.25, 0.3) is 0 Å².